The minimum absolute atomic E-state index is 0.0250. The molecule has 1 amide bonds. The van der Waals surface area contributed by atoms with Crippen molar-refractivity contribution in [2.45, 2.75) is 19.0 Å². The van der Waals surface area contributed by atoms with Crippen molar-refractivity contribution in [3.05, 3.63) is 77.5 Å². The summed E-state index contributed by atoms with van der Waals surface area (Å²) in [6, 6.07) is 20.6. The van der Waals surface area contributed by atoms with Crippen LogP contribution in [0.5, 0.6) is 0 Å². The normalized spacial score (nSPS) is 17.1. The van der Waals surface area contributed by atoms with Crippen LogP contribution in [0.3, 0.4) is 0 Å². The van der Waals surface area contributed by atoms with Gasteiger partial charge in [-0.3, -0.25) is 9.69 Å². The molecule has 0 spiro atoms. The SMILES string of the molecule is CN(CC1Cc2ccccc2CN1C)C(=O)c1ccc2ccccc2n1. The monoisotopic (exact) mass is 345 g/mol. The van der Waals surface area contributed by atoms with Crippen LogP contribution in [0.4, 0.5) is 0 Å². The molecule has 0 fully saturated rings. The standard InChI is InChI=1S/C22H23N3O/c1-24-14-18-9-4-3-8-17(18)13-19(24)15-25(2)22(26)21-12-11-16-7-5-6-10-20(16)23-21/h3-12,19H,13-15H2,1-2H3. The van der Waals surface area contributed by atoms with Gasteiger partial charge >= 0.3 is 0 Å². The van der Waals surface area contributed by atoms with E-state index in [-0.39, 0.29) is 5.91 Å². The van der Waals surface area contributed by atoms with Crippen LogP contribution < -0.4 is 0 Å². The van der Waals surface area contributed by atoms with Crippen molar-refractivity contribution in [3.8, 4) is 0 Å². The molecule has 1 aliphatic rings. The van der Waals surface area contributed by atoms with E-state index >= 15 is 0 Å². The third kappa shape index (κ3) is 3.20. The molecule has 1 atom stereocenters. The van der Waals surface area contributed by atoms with Crippen molar-refractivity contribution in [2.75, 3.05) is 20.6 Å². The first kappa shape index (κ1) is 16.7. The van der Waals surface area contributed by atoms with E-state index in [0.717, 1.165) is 23.9 Å². The van der Waals surface area contributed by atoms with Gasteiger partial charge in [-0.05, 0) is 36.7 Å². The lowest BCUT2D eigenvalue weighted by Crippen LogP contribution is -2.46. The van der Waals surface area contributed by atoms with Gasteiger partial charge < -0.3 is 4.90 Å². The summed E-state index contributed by atoms with van der Waals surface area (Å²) in [5.74, 6) is -0.0250. The summed E-state index contributed by atoms with van der Waals surface area (Å²) in [6.45, 7) is 1.62. The molecule has 0 radical (unpaired) electrons. The van der Waals surface area contributed by atoms with Crippen LogP contribution in [0, 0.1) is 0 Å². The number of likely N-dealkylation sites (N-methyl/N-ethyl adjacent to an activating group) is 2. The number of aromatic nitrogens is 1. The fourth-order valence-corrected chi connectivity index (χ4v) is 3.70. The molecule has 132 valence electrons. The van der Waals surface area contributed by atoms with Crippen molar-refractivity contribution < 1.29 is 4.79 Å². The van der Waals surface area contributed by atoms with E-state index in [2.05, 4.69) is 41.2 Å². The van der Waals surface area contributed by atoms with Crippen LogP contribution in [0.25, 0.3) is 10.9 Å². The Morgan fingerprint density at radius 1 is 1.08 bits per heavy atom. The lowest BCUT2D eigenvalue weighted by atomic mass is 9.94. The molecule has 4 nitrogen and oxygen atoms in total. The Morgan fingerprint density at radius 2 is 1.81 bits per heavy atom. The van der Waals surface area contributed by atoms with Crippen molar-refractivity contribution >= 4 is 16.8 Å². The highest BCUT2D eigenvalue weighted by atomic mass is 16.2. The number of fused-ring (bicyclic) bond motifs is 2. The van der Waals surface area contributed by atoms with Crippen LogP contribution in [0.2, 0.25) is 0 Å². The Labute approximate surface area is 154 Å². The molecule has 0 aliphatic carbocycles. The molecule has 2 aromatic carbocycles. The first-order valence-corrected chi connectivity index (χ1v) is 9.00. The van der Waals surface area contributed by atoms with Crippen molar-refractivity contribution in [3.63, 3.8) is 0 Å². The Kier molecular flexibility index (Phi) is 4.43. The van der Waals surface area contributed by atoms with Crippen LogP contribution in [0.1, 0.15) is 21.6 Å². The summed E-state index contributed by atoms with van der Waals surface area (Å²) in [6.07, 6.45) is 0.968. The molecule has 1 unspecified atom stereocenters. The average Bonchev–Trinajstić information content (AvgIpc) is 2.67. The van der Waals surface area contributed by atoms with E-state index in [9.17, 15) is 4.79 Å². The van der Waals surface area contributed by atoms with E-state index in [0.29, 0.717) is 18.3 Å². The van der Waals surface area contributed by atoms with E-state index in [4.69, 9.17) is 0 Å². The van der Waals surface area contributed by atoms with Gasteiger partial charge in [0.1, 0.15) is 5.69 Å². The van der Waals surface area contributed by atoms with Gasteiger partial charge in [0.15, 0.2) is 0 Å². The zero-order valence-corrected chi connectivity index (χ0v) is 15.2. The number of para-hydroxylation sites is 1. The average molecular weight is 345 g/mol. The molecule has 1 aliphatic heterocycles. The molecule has 0 bridgehead atoms. The predicted molar refractivity (Wildman–Crippen MR) is 104 cm³/mol. The van der Waals surface area contributed by atoms with Crippen molar-refractivity contribution in [1.29, 1.82) is 0 Å². The van der Waals surface area contributed by atoms with Crippen molar-refractivity contribution in [2.24, 2.45) is 0 Å². The summed E-state index contributed by atoms with van der Waals surface area (Å²) in [5.41, 5.74) is 4.14. The maximum atomic E-state index is 12.9. The number of hydrogen-bond donors (Lipinski definition) is 0. The third-order valence-corrected chi connectivity index (χ3v) is 5.27. The second-order valence-electron chi connectivity index (χ2n) is 7.12. The Hall–Kier alpha value is -2.72. The second-order valence-corrected chi connectivity index (χ2v) is 7.12. The number of pyridine rings is 1. The molecule has 0 saturated heterocycles. The third-order valence-electron chi connectivity index (χ3n) is 5.27. The number of nitrogens with zero attached hydrogens (tertiary/aromatic N) is 3. The Bertz CT molecular complexity index is 953. The van der Waals surface area contributed by atoms with Gasteiger partial charge in [-0.1, -0.05) is 48.5 Å². The first-order valence-electron chi connectivity index (χ1n) is 9.00. The van der Waals surface area contributed by atoms with Gasteiger partial charge in [0.25, 0.3) is 5.91 Å². The number of carbonyl (C=O) groups is 1. The molecular weight excluding hydrogens is 322 g/mol. The molecule has 0 saturated carbocycles. The van der Waals surface area contributed by atoms with Gasteiger partial charge in [-0.2, -0.15) is 0 Å². The fraction of sp³-hybridized carbons (Fsp3) is 0.273. The molecular formula is C22H23N3O. The summed E-state index contributed by atoms with van der Waals surface area (Å²) in [4.78, 5) is 21.5. The van der Waals surface area contributed by atoms with E-state index in [1.54, 1.807) is 4.90 Å². The number of amides is 1. The van der Waals surface area contributed by atoms with Gasteiger partial charge in [0.2, 0.25) is 0 Å². The zero-order chi connectivity index (χ0) is 18.1. The summed E-state index contributed by atoms with van der Waals surface area (Å²) in [5, 5.41) is 1.05. The molecule has 4 rings (SSSR count). The highest BCUT2D eigenvalue weighted by Crippen LogP contribution is 2.22. The number of carbonyl (C=O) groups excluding carboxylic acids is 1. The molecule has 4 heteroatoms. The van der Waals surface area contributed by atoms with E-state index in [1.807, 2.05) is 43.4 Å². The topological polar surface area (TPSA) is 36.4 Å². The summed E-state index contributed by atoms with van der Waals surface area (Å²) < 4.78 is 0. The van der Waals surface area contributed by atoms with Gasteiger partial charge in [-0.15, -0.1) is 0 Å². The van der Waals surface area contributed by atoms with Crippen molar-refractivity contribution in [1.82, 2.24) is 14.8 Å². The van der Waals surface area contributed by atoms with Crippen LogP contribution in [-0.4, -0.2) is 47.4 Å². The molecule has 2 heterocycles. The van der Waals surface area contributed by atoms with Crippen LogP contribution in [-0.2, 0) is 13.0 Å². The minimum Gasteiger partial charge on any atom is -0.339 e. The Balaban J connectivity index is 1.50. The maximum absolute atomic E-state index is 12.9. The van der Waals surface area contributed by atoms with Gasteiger partial charge in [-0.25, -0.2) is 4.98 Å². The number of rotatable bonds is 3. The lowest BCUT2D eigenvalue weighted by molar-refractivity contribution is 0.0728. The fourth-order valence-electron chi connectivity index (χ4n) is 3.70. The predicted octanol–water partition coefficient (Wildman–Crippen LogP) is 3.36. The Morgan fingerprint density at radius 3 is 2.65 bits per heavy atom. The molecule has 26 heavy (non-hydrogen) atoms. The smallest absolute Gasteiger partial charge is 0.272 e. The quantitative estimate of drug-likeness (QED) is 0.730. The van der Waals surface area contributed by atoms with Crippen LogP contribution in [0.15, 0.2) is 60.7 Å². The summed E-state index contributed by atoms with van der Waals surface area (Å²) in [7, 11) is 4.00. The molecule has 3 aromatic rings. The molecule has 1 aromatic heterocycles. The highest BCUT2D eigenvalue weighted by Gasteiger charge is 2.26. The second kappa shape index (κ2) is 6.89. The minimum atomic E-state index is -0.0250. The van der Waals surface area contributed by atoms with Gasteiger partial charge in [0.05, 0.1) is 5.52 Å². The van der Waals surface area contributed by atoms with Crippen LogP contribution >= 0.6 is 0 Å². The first-order chi connectivity index (χ1) is 12.6. The number of benzene rings is 2. The largest absolute Gasteiger partial charge is 0.339 e. The lowest BCUT2D eigenvalue weighted by Gasteiger charge is -2.36. The zero-order valence-electron chi connectivity index (χ0n) is 15.2. The van der Waals surface area contributed by atoms with E-state index in [1.165, 1.54) is 11.1 Å². The molecule has 0 N–H and O–H groups in total. The maximum Gasteiger partial charge on any atom is 0.272 e. The highest BCUT2D eigenvalue weighted by molar-refractivity contribution is 5.94. The van der Waals surface area contributed by atoms with E-state index < -0.39 is 0 Å². The van der Waals surface area contributed by atoms with Gasteiger partial charge in [0, 0.05) is 31.6 Å². The summed E-state index contributed by atoms with van der Waals surface area (Å²) >= 11 is 0. The number of hydrogen-bond acceptors (Lipinski definition) is 3.